The van der Waals surface area contributed by atoms with Gasteiger partial charge in [0.15, 0.2) is 0 Å². The fourth-order valence-electron chi connectivity index (χ4n) is 3.03. The average molecular weight is 526 g/mol. The number of rotatable bonds is 17. The molecule has 0 bridgehead atoms. The van der Waals surface area contributed by atoms with E-state index < -0.39 is 72.0 Å². The summed E-state index contributed by atoms with van der Waals surface area (Å²) in [5.41, 5.74) is 21.4. The molecule has 0 aromatic carbocycles. The Labute approximate surface area is 210 Å². The fraction of sp³-hybridized carbons (Fsp3) is 0.500. The lowest BCUT2D eigenvalue weighted by atomic mass is 10.1. The summed E-state index contributed by atoms with van der Waals surface area (Å²) in [5.74, 6) is -6.78. The molecular weight excluding hydrogens is 494 g/mol. The largest absolute Gasteiger partial charge is 0.480 e. The Morgan fingerprint density at radius 3 is 1.86 bits per heavy atom. The van der Waals surface area contributed by atoms with Gasteiger partial charge >= 0.3 is 5.97 Å². The SMILES string of the molecule is NC(=O)CCC(N)C(=O)NC(CCC(N)=O)C(=O)NC(CC(N)=O)C(=O)NC(Cc1cnc[nH]1)C(=O)O. The van der Waals surface area contributed by atoms with Crippen molar-refractivity contribution in [3.63, 3.8) is 0 Å². The van der Waals surface area contributed by atoms with Crippen LogP contribution in [-0.2, 0) is 40.0 Å². The number of hydrogen-bond donors (Lipinski definition) is 9. The van der Waals surface area contributed by atoms with Gasteiger partial charge in [0.05, 0.1) is 18.8 Å². The lowest BCUT2D eigenvalue weighted by Crippen LogP contribution is -2.58. The van der Waals surface area contributed by atoms with Crippen LogP contribution >= 0.6 is 0 Å². The smallest absolute Gasteiger partial charge is 0.326 e. The molecule has 13 N–H and O–H groups in total. The third kappa shape index (κ3) is 11.6. The van der Waals surface area contributed by atoms with Crippen LogP contribution in [0, 0.1) is 0 Å². The molecule has 1 rings (SSSR count). The van der Waals surface area contributed by atoms with Crippen LogP contribution < -0.4 is 38.9 Å². The molecule has 0 fully saturated rings. The first-order valence-corrected chi connectivity index (χ1v) is 11.0. The van der Waals surface area contributed by atoms with Gasteiger partial charge in [0, 0.05) is 31.2 Å². The Hall–Kier alpha value is -4.54. The number of nitrogens with zero attached hydrogens (tertiary/aromatic N) is 1. The van der Waals surface area contributed by atoms with Gasteiger partial charge in [-0.2, -0.15) is 0 Å². The first kappa shape index (κ1) is 30.5. The van der Waals surface area contributed by atoms with Gasteiger partial charge < -0.3 is 49.0 Å². The predicted molar refractivity (Wildman–Crippen MR) is 124 cm³/mol. The molecule has 0 saturated heterocycles. The predicted octanol–water partition coefficient (Wildman–Crippen LogP) is -4.78. The molecule has 0 radical (unpaired) electrons. The van der Waals surface area contributed by atoms with Crippen molar-refractivity contribution in [2.75, 3.05) is 0 Å². The summed E-state index contributed by atoms with van der Waals surface area (Å²) in [6, 6.07) is -5.72. The lowest BCUT2D eigenvalue weighted by Gasteiger charge is -2.24. The quantitative estimate of drug-likeness (QED) is 0.0934. The average Bonchev–Trinajstić information content (AvgIpc) is 3.31. The lowest BCUT2D eigenvalue weighted by molar-refractivity contribution is -0.142. The van der Waals surface area contributed by atoms with E-state index in [0.29, 0.717) is 5.69 Å². The third-order valence-corrected chi connectivity index (χ3v) is 4.98. The number of aromatic nitrogens is 2. The number of amides is 6. The molecule has 1 heterocycles. The number of carboxylic acid groups (broad SMARTS) is 1. The number of nitrogens with two attached hydrogens (primary N) is 4. The van der Waals surface area contributed by atoms with Gasteiger partial charge in [-0.15, -0.1) is 0 Å². The highest BCUT2D eigenvalue weighted by atomic mass is 16.4. The topological polar surface area (TPSA) is 309 Å². The monoisotopic (exact) mass is 525 g/mol. The number of imidazole rings is 1. The number of aromatic amines is 1. The summed E-state index contributed by atoms with van der Waals surface area (Å²) < 4.78 is 0. The number of carbonyl (C=O) groups is 7. The first-order chi connectivity index (χ1) is 17.3. The van der Waals surface area contributed by atoms with E-state index in [0.717, 1.165) is 0 Å². The van der Waals surface area contributed by atoms with Gasteiger partial charge in [-0.25, -0.2) is 9.78 Å². The van der Waals surface area contributed by atoms with E-state index in [4.69, 9.17) is 22.9 Å². The number of aliphatic carboxylic acids is 1. The second-order valence-corrected chi connectivity index (χ2v) is 8.09. The van der Waals surface area contributed by atoms with Crippen LogP contribution in [0.25, 0.3) is 0 Å². The first-order valence-electron chi connectivity index (χ1n) is 11.0. The number of carboxylic acids is 1. The molecule has 4 unspecified atom stereocenters. The number of H-pyrrole nitrogens is 1. The minimum atomic E-state index is -1.62. The summed E-state index contributed by atoms with van der Waals surface area (Å²) in [7, 11) is 0. The van der Waals surface area contributed by atoms with Crippen LogP contribution in [0.3, 0.4) is 0 Å². The maximum absolute atomic E-state index is 12.9. The molecule has 37 heavy (non-hydrogen) atoms. The van der Waals surface area contributed by atoms with Crippen molar-refractivity contribution in [2.45, 2.75) is 62.7 Å². The number of nitrogens with one attached hydrogen (secondary N) is 4. The summed E-state index contributed by atoms with van der Waals surface area (Å²) in [5, 5.41) is 16.2. The van der Waals surface area contributed by atoms with E-state index in [9.17, 15) is 38.7 Å². The van der Waals surface area contributed by atoms with E-state index >= 15 is 0 Å². The zero-order valence-corrected chi connectivity index (χ0v) is 19.8. The van der Waals surface area contributed by atoms with Crippen molar-refractivity contribution in [1.29, 1.82) is 0 Å². The van der Waals surface area contributed by atoms with Crippen molar-refractivity contribution in [1.82, 2.24) is 25.9 Å². The minimum Gasteiger partial charge on any atom is -0.480 e. The Kier molecular flexibility index (Phi) is 12.2. The Morgan fingerprint density at radius 1 is 0.811 bits per heavy atom. The molecule has 0 saturated carbocycles. The van der Waals surface area contributed by atoms with E-state index in [1.807, 2.05) is 0 Å². The highest BCUT2D eigenvalue weighted by molar-refractivity contribution is 5.96. The standard InChI is InChI=1S/C20H31N9O8/c21-10(1-3-14(22)30)17(33)27-11(2-4-15(23)31)18(34)28-12(6-16(24)32)19(35)29-13(20(36)37)5-9-7-25-8-26-9/h7-8,10-13H,1-6,21H2,(H2,22,30)(H2,23,31)(H2,24,32)(H,25,26)(H,27,33)(H,28,34)(H,29,35)(H,36,37). The zero-order chi connectivity index (χ0) is 28.1. The maximum atomic E-state index is 12.9. The van der Waals surface area contributed by atoms with Crippen LogP contribution in [0.4, 0.5) is 0 Å². The van der Waals surface area contributed by atoms with Gasteiger partial charge in [0.25, 0.3) is 0 Å². The van der Waals surface area contributed by atoms with Crippen LogP contribution in [0.15, 0.2) is 12.5 Å². The fourth-order valence-corrected chi connectivity index (χ4v) is 3.03. The normalized spacial score (nSPS) is 13.9. The van der Waals surface area contributed by atoms with Crippen molar-refractivity contribution >= 4 is 41.4 Å². The molecular formula is C20H31N9O8. The maximum Gasteiger partial charge on any atom is 0.326 e. The number of primary amides is 3. The molecule has 4 atom stereocenters. The van der Waals surface area contributed by atoms with Crippen molar-refractivity contribution in [3.8, 4) is 0 Å². The van der Waals surface area contributed by atoms with E-state index in [1.54, 1.807) is 0 Å². The zero-order valence-electron chi connectivity index (χ0n) is 19.8. The van der Waals surface area contributed by atoms with Crippen LogP contribution in [-0.4, -0.2) is 80.7 Å². The Bertz CT molecular complexity index is 998. The molecule has 0 spiro atoms. The van der Waals surface area contributed by atoms with E-state index in [1.165, 1.54) is 12.5 Å². The molecule has 0 aliphatic heterocycles. The van der Waals surface area contributed by atoms with Gasteiger partial charge in [-0.3, -0.25) is 28.8 Å². The second-order valence-electron chi connectivity index (χ2n) is 8.09. The van der Waals surface area contributed by atoms with Crippen LogP contribution in [0.5, 0.6) is 0 Å². The number of hydrogen-bond acceptors (Lipinski definition) is 9. The summed E-state index contributed by atoms with van der Waals surface area (Å²) in [6.07, 6.45) is 0.825. The molecule has 0 aliphatic carbocycles. The van der Waals surface area contributed by atoms with E-state index in [-0.39, 0.29) is 32.1 Å². The Balaban J connectivity index is 3.00. The molecule has 0 aliphatic rings. The minimum absolute atomic E-state index is 0.120. The van der Waals surface area contributed by atoms with Gasteiger partial charge in [-0.05, 0) is 12.8 Å². The Morgan fingerprint density at radius 2 is 1.35 bits per heavy atom. The molecule has 204 valence electrons. The third-order valence-electron chi connectivity index (χ3n) is 4.98. The van der Waals surface area contributed by atoms with Gasteiger partial charge in [0.1, 0.15) is 18.1 Å². The van der Waals surface area contributed by atoms with Gasteiger partial charge in [-0.1, -0.05) is 0 Å². The van der Waals surface area contributed by atoms with Gasteiger partial charge in [0.2, 0.25) is 35.4 Å². The van der Waals surface area contributed by atoms with Crippen LogP contribution in [0.1, 0.15) is 37.8 Å². The molecule has 17 nitrogen and oxygen atoms in total. The molecule has 17 heteroatoms. The molecule has 1 aromatic rings. The van der Waals surface area contributed by atoms with Crippen molar-refractivity contribution in [2.24, 2.45) is 22.9 Å². The highest BCUT2D eigenvalue weighted by Gasteiger charge is 2.31. The van der Waals surface area contributed by atoms with Crippen LogP contribution in [0.2, 0.25) is 0 Å². The molecule has 6 amide bonds. The summed E-state index contributed by atoms with van der Waals surface area (Å²) in [6.45, 7) is 0. The second kappa shape index (κ2) is 14.8. The summed E-state index contributed by atoms with van der Waals surface area (Å²) in [4.78, 5) is 89.8. The highest BCUT2D eigenvalue weighted by Crippen LogP contribution is 2.05. The molecule has 1 aromatic heterocycles. The van der Waals surface area contributed by atoms with E-state index in [2.05, 4.69) is 25.9 Å². The summed E-state index contributed by atoms with van der Waals surface area (Å²) >= 11 is 0. The number of carbonyl (C=O) groups excluding carboxylic acids is 6. The van der Waals surface area contributed by atoms with Crippen molar-refractivity contribution in [3.05, 3.63) is 18.2 Å². The van der Waals surface area contributed by atoms with Crippen molar-refractivity contribution < 1.29 is 38.7 Å².